The second kappa shape index (κ2) is 6.31. The van der Waals surface area contributed by atoms with Gasteiger partial charge in [-0.2, -0.15) is 0 Å². The first kappa shape index (κ1) is 15.6. The molecule has 0 fully saturated rings. The number of carbonyl (C=O) groups excluding carboxylic acids is 1. The van der Waals surface area contributed by atoms with E-state index in [1.54, 1.807) is 4.57 Å². The quantitative estimate of drug-likeness (QED) is 0.875. The van der Waals surface area contributed by atoms with Crippen molar-refractivity contribution in [3.8, 4) is 0 Å². The van der Waals surface area contributed by atoms with Gasteiger partial charge < -0.3 is 10.1 Å². The van der Waals surface area contributed by atoms with Gasteiger partial charge in [-0.25, -0.2) is 4.79 Å². The average Bonchev–Trinajstić information content (AvgIpc) is 2.77. The van der Waals surface area contributed by atoms with Crippen molar-refractivity contribution in [3.63, 3.8) is 0 Å². The van der Waals surface area contributed by atoms with Crippen LogP contribution in [-0.2, 0) is 11.2 Å². The minimum absolute atomic E-state index is 0.321. The minimum atomic E-state index is -0.491. The highest BCUT2D eigenvalue weighted by atomic mass is 16.6. The minimum Gasteiger partial charge on any atom is -0.443 e. The van der Waals surface area contributed by atoms with Gasteiger partial charge in [0, 0.05) is 11.6 Å². The summed E-state index contributed by atoms with van der Waals surface area (Å²) < 4.78 is 7.10. The van der Waals surface area contributed by atoms with Gasteiger partial charge in [0.1, 0.15) is 5.60 Å². The number of nitrogens with one attached hydrogen (secondary N) is 1. The summed E-state index contributed by atoms with van der Waals surface area (Å²) in [6.07, 6.45) is 3.57. The van der Waals surface area contributed by atoms with Crippen LogP contribution in [0.4, 0.5) is 4.79 Å². The fourth-order valence-corrected chi connectivity index (χ4v) is 2.37. The molecule has 0 saturated carbocycles. The van der Waals surface area contributed by atoms with E-state index < -0.39 is 5.60 Å². The zero-order valence-electron chi connectivity index (χ0n) is 13.3. The van der Waals surface area contributed by atoms with Crippen LogP contribution in [0.5, 0.6) is 0 Å². The Hall–Kier alpha value is -1.81. The van der Waals surface area contributed by atoms with Crippen LogP contribution in [0.25, 0.3) is 10.9 Å². The second-order valence-corrected chi connectivity index (χ2v) is 6.23. The monoisotopic (exact) mass is 288 g/mol. The van der Waals surface area contributed by atoms with E-state index in [-0.39, 0.29) is 6.09 Å². The molecule has 0 aliphatic rings. The highest BCUT2D eigenvalue weighted by molar-refractivity contribution is 5.92. The number of para-hydroxylation sites is 1. The molecule has 0 bridgehead atoms. The molecule has 0 aliphatic heterocycles. The van der Waals surface area contributed by atoms with Gasteiger partial charge >= 0.3 is 6.09 Å². The summed E-state index contributed by atoms with van der Waals surface area (Å²) >= 11 is 0. The van der Waals surface area contributed by atoms with Gasteiger partial charge in [-0.15, -0.1) is 0 Å². The van der Waals surface area contributed by atoms with E-state index in [4.69, 9.17) is 4.74 Å². The normalized spacial score (nSPS) is 11.8. The Kier molecular flexibility index (Phi) is 4.68. The molecule has 4 nitrogen and oxygen atoms in total. The van der Waals surface area contributed by atoms with E-state index >= 15 is 0 Å². The second-order valence-electron chi connectivity index (χ2n) is 6.23. The standard InChI is InChI=1S/C17H24N2O2/c1-17(2,3)21-16(20)19-12-13(8-7-11-18-4)14-9-5-6-10-15(14)19/h5-6,9-10,12,18H,7-8,11H2,1-4H3. The molecular weight excluding hydrogens is 264 g/mol. The molecule has 0 amide bonds. The molecule has 2 aromatic rings. The van der Waals surface area contributed by atoms with Gasteiger partial charge in [0.25, 0.3) is 0 Å². The van der Waals surface area contributed by atoms with E-state index in [9.17, 15) is 4.79 Å². The molecule has 0 saturated heterocycles. The number of hydrogen-bond donors (Lipinski definition) is 1. The predicted molar refractivity (Wildman–Crippen MR) is 85.8 cm³/mol. The van der Waals surface area contributed by atoms with Crippen LogP contribution in [0.1, 0.15) is 32.8 Å². The molecule has 21 heavy (non-hydrogen) atoms. The summed E-state index contributed by atoms with van der Waals surface area (Å²) in [5.41, 5.74) is 1.60. The highest BCUT2D eigenvalue weighted by Crippen LogP contribution is 2.23. The van der Waals surface area contributed by atoms with Crippen LogP contribution >= 0.6 is 0 Å². The summed E-state index contributed by atoms with van der Waals surface area (Å²) in [5, 5.41) is 4.27. The Morgan fingerprint density at radius 3 is 2.67 bits per heavy atom. The highest BCUT2D eigenvalue weighted by Gasteiger charge is 2.20. The van der Waals surface area contributed by atoms with Crippen LogP contribution in [0.15, 0.2) is 30.5 Å². The van der Waals surface area contributed by atoms with Gasteiger partial charge in [0.15, 0.2) is 0 Å². The van der Waals surface area contributed by atoms with Crippen LogP contribution < -0.4 is 5.32 Å². The lowest BCUT2D eigenvalue weighted by atomic mass is 10.1. The maximum absolute atomic E-state index is 12.3. The van der Waals surface area contributed by atoms with E-state index in [1.165, 1.54) is 5.56 Å². The van der Waals surface area contributed by atoms with Crippen molar-refractivity contribution >= 4 is 17.0 Å². The molecule has 0 atom stereocenters. The number of rotatable bonds is 4. The van der Waals surface area contributed by atoms with Gasteiger partial charge in [-0.1, -0.05) is 18.2 Å². The van der Waals surface area contributed by atoms with E-state index in [2.05, 4.69) is 11.4 Å². The number of ether oxygens (including phenoxy) is 1. The first-order valence-electron chi connectivity index (χ1n) is 7.39. The predicted octanol–water partition coefficient (Wildman–Crippen LogP) is 3.58. The first-order valence-corrected chi connectivity index (χ1v) is 7.39. The maximum Gasteiger partial charge on any atom is 0.419 e. The summed E-state index contributed by atoms with van der Waals surface area (Å²) in [5.74, 6) is 0. The molecule has 1 heterocycles. The molecule has 0 spiro atoms. The zero-order valence-corrected chi connectivity index (χ0v) is 13.3. The smallest absolute Gasteiger partial charge is 0.419 e. The lowest BCUT2D eigenvalue weighted by Crippen LogP contribution is -2.26. The van der Waals surface area contributed by atoms with Gasteiger partial charge in [0.05, 0.1) is 5.52 Å². The van der Waals surface area contributed by atoms with Crippen molar-refractivity contribution in [2.24, 2.45) is 0 Å². The first-order chi connectivity index (χ1) is 9.92. The summed E-state index contributed by atoms with van der Waals surface area (Å²) in [6.45, 7) is 6.60. The topological polar surface area (TPSA) is 43.3 Å². The number of fused-ring (bicyclic) bond motifs is 1. The summed E-state index contributed by atoms with van der Waals surface area (Å²) in [4.78, 5) is 12.3. The molecule has 1 aromatic carbocycles. The number of aryl methyl sites for hydroxylation is 1. The van der Waals surface area contributed by atoms with Gasteiger partial charge in [0.2, 0.25) is 0 Å². The molecule has 114 valence electrons. The Bertz CT molecular complexity index is 623. The number of carbonyl (C=O) groups is 1. The third kappa shape index (κ3) is 3.85. The van der Waals surface area contributed by atoms with Gasteiger partial charge in [-0.05, 0) is 58.8 Å². The molecule has 1 N–H and O–H groups in total. The number of hydrogen-bond acceptors (Lipinski definition) is 3. The maximum atomic E-state index is 12.3. The van der Waals surface area contributed by atoms with Crippen molar-refractivity contribution in [1.29, 1.82) is 0 Å². The van der Waals surface area contributed by atoms with Crippen LogP contribution in [0.2, 0.25) is 0 Å². The molecule has 0 unspecified atom stereocenters. The van der Waals surface area contributed by atoms with Crippen molar-refractivity contribution in [2.45, 2.75) is 39.2 Å². The third-order valence-electron chi connectivity index (χ3n) is 3.26. The lowest BCUT2D eigenvalue weighted by molar-refractivity contribution is 0.0544. The third-order valence-corrected chi connectivity index (χ3v) is 3.26. The Balaban J connectivity index is 2.33. The van der Waals surface area contributed by atoms with Crippen molar-refractivity contribution in [2.75, 3.05) is 13.6 Å². The molecule has 0 aliphatic carbocycles. The molecule has 2 rings (SSSR count). The molecular formula is C17H24N2O2. The fraction of sp³-hybridized carbons (Fsp3) is 0.471. The van der Waals surface area contributed by atoms with E-state index in [0.717, 1.165) is 30.3 Å². The van der Waals surface area contributed by atoms with Crippen LogP contribution in [0.3, 0.4) is 0 Å². The molecule has 1 aromatic heterocycles. The number of aromatic nitrogens is 1. The van der Waals surface area contributed by atoms with Crippen LogP contribution in [0, 0.1) is 0 Å². The van der Waals surface area contributed by atoms with Crippen molar-refractivity contribution < 1.29 is 9.53 Å². The SMILES string of the molecule is CNCCCc1cn(C(=O)OC(C)(C)C)c2ccccc12. The van der Waals surface area contributed by atoms with Gasteiger partial charge in [-0.3, -0.25) is 4.57 Å². The summed E-state index contributed by atoms with van der Waals surface area (Å²) in [7, 11) is 1.95. The summed E-state index contributed by atoms with van der Waals surface area (Å²) in [6, 6.07) is 7.97. The lowest BCUT2D eigenvalue weighted by Gasteiger charge is -2.19. The largest absolute Gasteiger partial charge is 0.443 e. The molecule has 0 radical (unpaired) electrons. The number of benzene rings is 1. The van der Waals surface area contributed by atoms with E-state index in [0.29, 0.717) is 0 Å². The Labute approximate surface area is 126 Å². The van der Waals surface area contributed by atoms with Crippen molar-refractivity contribution in [1.82, 2.24) is 9.88 Å². The fourth-order valence-electron chi connectivity index (χ4n) is 2.37. The zero-order chi connectivity index (χ0) is 15.5. The average molecular weight is 288 g/mol. The van der Waals surface area contributed by atoms with Crippen LogP contribution in [-0.4, -0.2) is 29.9 Å². The Morgan fingerprint density at radius 2 is 2.00 bits per heavy atom. The molecule has 4 heteroatoms. The van der Waals surface area contributed by atoms with Crippen molar-refractivity contribution in [3.05, 3.63) is 36.0 Å². The number of nitrogens with zero attached hydrogens (tertiary/aromatic N) is 1. The van der Waals surface area contributed by atoms with E-state index in [1.807, 2.05) is 52.2 Å². The Morgan fingerprint density at radius 1 is 1.29 bits per heavy atom.